The third kappa shape index (κ3) is 2.62. The summed E-state index contributed by atoms with van der Waals surface area (Å²) < 4.78 is 19.2. The Morgan fingerprint density at radius 3 is 2.89 bits per heavy atom. The van der Waals surface area contributed by atoms with E-state index in [9.17, 15) is 4.39 Å². The first-order chi connectivity index (χ1) is 9.19. The summed E-state index contributed by atoms with van der Waals surface area (Å²) in [6, 6.07) is 5.09. The van der Waals surface area contributed by atoms with Gasteiger partial charge < -0.3 is 10.1 Å². The molecule has 2 aliphatic rings. The number of aryl methyl sites for hydroxylation is 1. The summed E-state index contributed by atoms with van der Waals surface area (Å²) in [5.41, 5.74) is 1.44. The number of hydrogen-bond donors (Lipinski definition) is 1. The third-order valence-corrected chi connectivity index (χ3v) is 4.84. The second-order valence-corrected chi connectivity index (χ2v) is 6.06. The molecule has 102 valence electrons. The highest BCUT2D eigenvalue weighted by molar-refractivity contribution is 8.14. The lowest BCUT2D eigenvalue weighted by Crippen LogP contribution is -2.34. The molecule has 0 atom stereocenters. The fraction of sp³-hybridized carbons (Fsp3) is 0.500. The van der Waals surface area contributed by atoms with Crippen LogP contribution < -0.4 is 5.32 Å². The number of thioether (sulfide) groups is 1. The normalized spacial score (nSPS) is 21.5. The van der Waals surface area contributed by atoms with Crippen LogP contribution in [-0.4, -0.2) is 29.7 Å². The molecule has 2 heterocycles. The molecular formula is C14H17FN2OS. The highest BCUT2D eigenvalue weighted by atomic mass is 32.2. The number of nitrogens with one attached hydrogen (secondary N) is 1. The summed E-state index contributed by atoms with van der Waals surface area (Å²) in [7, 11) is 0. The summed E-state index contributed by atoms with van der Waals surface area (Å²) in [5.74, 6) is 0.739. The van der Waals surface area contributed by atoms with Crippen LogP contribution in [0.2, 0.25) is 0 Å². The van der Waals surface area contributed by atoms with Crippen molar-refractivity contribution in [2.24, 2.45) is 4.99 Å². The Hall–Kier alpha value is -1.07. The molecule has 19 heavy (non-hydrogen) atoms. The maximum atomic E-state index is 13.8. The Labute approximate surface area is 116 Å². The molecule has 1 fully saturated rings. The molecule has 1 N–H and O–H groups in total. The number of rotatable bonds is 1. The average molecular weight is 280 g/mol. The largest absolute Gasteiger partial charge is 0.381 e. The highest BCUT2D eigenvalue weighted by Crippen LogP contribution is 2.36. The fourth-order valence-corrected chi connectivity index (χ4v) is 3.64. The zero-order chi connectivity index (χ0) is 13.3. The molecule has 1 aromatic carbocycles. The zero-order valence-corrected chi connectivity index (χ0v) is 11.7. The summed E-state index contributed by atoms with van der Waals surface area (Å²) in [6.45, 7) is 3.45. The number of aliphatic imine (C=N–C) groups is 1. The minimum Gasteiger partial charge on any atom is -0.381 e. The van der Waals surface area contributed by atoms with Gasteiger partial charge in [-0.15, -0.1) is 0 Å². The van der Waals surface area contributed by atoms with E-state index in [-0.39, 0.29) is 11.4 Å². The van der Waals surface area contributed by atoms with Crippen LogP contribution in [-0.2, 0) is 4.74 Å². The summed E-state index contributed by atoms with van der Waals surface area (Å²) >= 11 is 1.68. The van der Waals surface area contributed by atoms with Crippen LogP contribution in [0.3, 0.4) is 0 Å². The van der Waals surface area contributed by atoms with Gasteiger partial charge >= 0.3 is 0 Å². The van der Waals surface area contributed by atoms with Crippen molar-refractivity contribution in [2.75, 3.05) is 24.3 Å². The molecule has 0 unspecified atom stereocenters. The summed E-state index contributed by atoms with van der Waals surface area (Å²) in [4.78, 5) is 4.78. The smallest absolute Gasteiger partial charge is 0.161 e. The van der Waals surface area contributed by atoms with E-state index in [1.807, 2.05) is 13.0 Å². The number of amidine groups is 1. The molecule has 0 radical (unpaired) electrons. The van der Waals surface area contributed by atoms with Crippen molar-refractivity contribution < 1.29 is 9.13 Å². The van der Waals surface area contributed by atoms with E-state index in [1.54, 1.807) is 17.8 Å². The van der Waals surface area contributed by atoms with E-state index in [2.05, 4.69) is 5.32 Å². The van der Waals surface area contributed by atoms with Crippen LogP contribution in [0, 0.1) is 12.7 Å². The molecule has 0 bridgehead atoms. The van der Waals surface area contributed by atoms with Crippen molar-refractivity contribution >= 4 is 22.6 Å². The molecule has 1 aromatic rings. The monoisotopic (exact) mass is 280 g/mol. The maximum Gasteiger partial charge on any atom is 0.161 e. The second kappa shape index (κ2) is 5.13. The summed E-state index contributed by atoms with van der Waals surface area (Å²) in [6.07, 6.45) is 1.92. The van der Waals surface area contributed by atoms with Crippen molar-refractivity contribution in [1.29, 1.82) is 0 Å². The maximum absolute atomic E-state index is 13.8. The average Bonchev–Trinajstić information content (AvgIpc) is 2.78. The van der Waals surface area contributed by atoms with E-state index in [0.29, 0.717) is 5.69 Å². The number of nitrogens with zero attached hydrogens (tertiary/aromatic N) is 1. The molecule has 5 heteroatoms. The Morgan fingerprint density at radius 1 is 1.37 bits per heavy atom. The standard InChI is InChI=1S/C14H17FN2OS/c1-10-3-2-4-11(15)12(10)16-13-17-14(9-19-13)5-7-18-8-6-14/h2-4H,5-9H2,1H3,(H,16,17). The van der Waals surface area contributed by atoms with Gasteiger partial charge in [-0.25, -0.2) is 4.39 Å². The van der Waals surface area contributed by atoms with Crippen LogP contribution in [0.15, 0.2) is 23.2 Å². The first-order valence-corrected chi connectivity index (χ1v) is 7.50. The predicted molar refractivity (Wildman–Crippen MR) is 77.4 cm³/mol. The topological polar surface area (TPSA) is 33.6 Å². The van der Waals surface area contributed by atoms with Crippen molar-refractivity contribution in [3.05, 3.63) is 29.6 Å². The van der Waals surface area contributed by atoms with Crippen LogP contribution in [0.1, 0.15) is 18.4 Å². The third-order valence-electron chi connectivity index (χ3n) is 3.69. The predicted octanol–water partition coefficient (Wildman–Crippen LogP) is 3.20. The first-order valence-electron chi connectivity index (χ1n) is 6.51. The quantitative estimate of drug-likeness (QED) is 0.857. The van der Waals surface area contributed by atoms with E-state index < -0.39 is 0 Å². The van der Waals surface area contributed by atoms with Gasteiger partial charge in [0.05, 0.1) is 11.2 Å². The van der Waals surface area contributed by atoms with Gasteiger partial charge in [-0.2, -0.15) is 0 Å². The molecule has 0 saturated carbocycles. The van der Waals surface area contributed by atoms with Crippen molar-refractivity contribution in [3.63, 3.8) is 0 Å². The molecular weight excluding hydrogens is 263 g/mol. The molecule has 1 saturated heterocycles. The fourth-order valence-electron chi connectivity index (χ4n) is 2.45. The SMILES string of the molecule is Cc1cccc(F)c1NC1=NC2(CCOCC2)CS1. The van der Waals surface area contributed by atoms with Crippen molar-refractivity contribution in [2.45, 2.75) is 25.3 Å². The Kier molecular flexibility index (Phi) is 3.50. The number of ether oxygens (including phenoxy) is 1. The zero-order valence-electron chi connectivity index (χ0n) is 10.9. The molecule has 3 rings (SSSR count). The van der Waals surface area contributed by atoms with Crippen molar-refractivity contribution in [3.8, 4) is 0 Å². The van der Waals surface area contributed by atoms with Gasteiger partial charge in [0.2, 0.25) is 0 Å². The number of para-hydroxylation sites is 1. The van der Waals surface area contributed by atoms with Gasteiger partial charge in [-0.1, -0.05) is 23.9 Å². The lowest BCUT2D eigenvalue weighted by Gasteiger charge is -2.29. The van der Waals surface area contributed by atoms with Crippen LogP contribution in [0.25, 0.3) is 0 Å². The Morgan fingerprint density at radius 2 is 2.16 bits per heavy atom. The van der Waals surface area contributed by atoms with E-state index in [4.69, 9.17) is 9.73 Å². The number of benzene rings is 1. The molecule has 3 nitrogen and oxygen atoms in total. The molecule has 0 aliphatic carbocycles. The minimum atomic E-state index is -0.226. The number of anilines is 1. The lowest BCUT2D eigenvalue weighted by atomic mass is 9.93. The van der Waals surface area contributed by atoms with Gasteiger partial charge in [0.1, 0.15) is 5.82 Å². The van der Waals surface area contributed by atoms with Crippen LogP contribution in [0.5, 0.6) is 0 Å². The van der Waals surface area contributed by atoms with E-state index >= 15 is 0 Å². The molecule has 1 spiro atoms. The van der Waals surface area contributed by atoms with Gasteiger partial charge in [0, 0.05) is 19.0 Å². The lowest BCUT2D eigenvalue weighted by molar-refractivity contribution is 0.0624. The molecule has 0 amide bonds. The Bertz CT molecular complexity index is 492. The van der Waals surface area contributed by atoms with Gasteiger partial charge in [-0.3, -0.25) is 4.99 Å². The van der Waals surface area contributed by atoms with Gasteiger partial charge in [0.15, 0.2) is 5.17 Å². The van der Waals surface area contributed by atoms with Gasteiger partial charge in [-0.05, 0) is 31.4 Å². The first kappa shape index (κ1) is 12.9. The minimum absolute atomic E-state index is 0.00438. The molecule has 0 aromatic heterocycles. The van der Waals surface area contributed by atoms with Gasteiger partial charge in [0.25, 0.3) is 0 Å². The van der Waals surface area contributed by atoms with E-state index in [0.717, 1.165) is 42.5 Å². The number of hydrogen-bond acceptors (Lipinski definition) is 4. The van der Waals surface area contributed by atoms with Crippen LogP contribution >= 0.6 is 11.8 Å². The van der Waals surface area contributed by atoms with Crippen LogP contribution in [0.4, 0.5) is 10.1 Å². The highest BCUT2D eigenvalue weighted by Gasteiger charge is 2.37. The van der Waals surface area contributed by atoms with Crippen molar-refractivity contribution in [1.82, 2.24) is 0 Å². The van der Waals surface area contributed by atoms with E-state index in [1.165, 1.54) is 6.07 Å². The number of halogens is 1. The molecule has 2 aliphatic heterocycles. The Balaban J connectivity index is 1.79. The second-order valence-electron chi connectivity index (χ2n) is 5.10. The summed E-state index contributed by atoms with van der Waals surface area (Å²) in [5, 5.41) is 3.97.